The third kappa shape index (κ3) is 4.21. The molecule has 2 rings (SSSR count). The second-order valence-electron chi connectivity index (χ2n) is 5.09. The van der Waals surface area contributed by atoms with Gasteiger partial charge in [0.2, 0.25) is 0 Å². The molecule has 0 spiro atoms. The van der Waals surface area contributed by atoms with Crippen molar-refractivity contribution < 1.29 is 19.1 Å². The van der Waals surface area contributed by atoms with Crippen molar-refractivity contribution in [3.05, 3.63) is 23.8 Å². The molecular formula is C16H21NO4. The minimum Gasteiger partial charge on any atom is -0.497 e. The van der Waals surface area contributed by atoms with Gasteiger partial charge in [0.1, 0.15) is 11.5 Å². The molecule has 114 valence electrons. The van der Waals surface area contributed by atoms with Crippen LogP contribution in [-0.2, 0) is 9.63 Å². The van der Waals surface area contributed by atoms with Crippen molar-refractivity contribution in [3.63, 3.8) is 0 Å². The van der Waals surface area contributed by atoms with Crippen LogP contribution in [0, 0.1) is 5.92 Å². The number of ether oxygens (including phenoxy) is 2. The Morgan fingerprint density at radius 1 is 1.19 bits per heavy atom. The first-order chi connectivity index (χ1) is 10.2. The summed E-state index contributed by atoms with van der Waals surface area (Å²) in [5.74, 6) is 1.07. The van der Waals surface area contributed by atoms with Crippen LogP contribution in [0.3, 0.4) is 0 Å². The van der Waals surface area contributed by atoms with E-state index in [2.05, 4.69) is 5.16 Å². The molecule has 5 nitrogen and oxygen atoms in total. The zero-order chi connectivity index (χ0) is 15.1. The van der Waals surface area contributed by atoms with Crippen LogP contribution in [0.2, 0.25) is 0 Å². The highest BCUT2D eigenvalue weighted by Gasteiger charge is 2.22. The smallest absolute Gasteiger partial charge is 0.338 e. The van der Waals surface area contributed by atoms with E-state index < -0.39 is 0 Å². The fraction of sp³-hybridized carbons (Fsp3) is 0.500. The molecule has 0 unspecified atom stereocenters. The predicted octanol–water partition coefficient (Wildman–Crippen LogP) is 3.16. The number of methoxy groups -OCH3 is 2. The SMILES string of the molecule is COc1ccc(/C=N/OC(=O)C2CCCCC2)c(OC)c1. The quantitative estimate of drug-likeness (QED) is 0.475. The van der Waals surface area contributed by atoms with Crippen LogP contribution in [0.4, 0.5) is 0 Å². The van der Waals surface area contributed by atoms with Crippen molar-refractivity contribution in [2.45, 2.75) is 32.1 Å². The molecule has 5 heteroatoms. The summed E-state index contributed by atoms with van der Waals surface area (Å²) in [7, 11) is 3.16. The fourth-order valence-corrected chi connectivity index (χ4v) is 2.47. The number of benzene rings is 1. The van der Waals surface area contributed by atoms with Gasteiger partial charge in [-0.25, -0.2) is 4.79 Å². The first kappa shape index (κ1) is 15.4. The lowest BCUT2D eigenvalue weighted by atomic mass is 9.89. The molecule has 1 aromatic carbocycles. The lowest BCUT2D eigenvalue weighted by molar-refractivity contribution is -0.149. The van der Waals surface area contributed by atoms with Crippen LogP contribution in [0.1, 0.15) is 37.7 Å². The molecular weight excluding hydrogens is 270 g/mol. The molecule has 0 atom stereocenters. The van der Waals surface area contributed by atoms with Crippen molar-refractivity contribution in [1.82, 2.24) is 0 Å². The molecule has 1 fully saturated rings. The van der Waals surface area contributed by atoms with E-state index in [0.717, 1.165) is 31.2 Å². The predicted molar refractivity (Wildman–Crippen MR) is 79.8 cm³/mol. The molecule has 0 N–H and O–H groups in total. The number of carbonyl (C=O) groups excluding carboxylic acids is 1. The maximum atomic E-state index is 11.9. The molecule has 0 amide bonds. The van der Waals surface area contributed by atoms with Crippen molar-refractivity contribution in [2.75, 3.05) is 14.2 Å². The van der Waals surface area contributed by atoms with Crippen LogP contribution < -0.4 is 9.47 Å². The topological polar surface area (TPSA) is 57.1 Å². The van der Waals surface area contributed by atoms with E-state index in [4.69, 9.17) is 14.3 Å². The molecule has 1 aliphatic rings. The average Bonchev–Trinajstić information content (AvgIpc) is 2.55. The van der Waals surface area contributed by atoms with Crippen molar-refractivity contribution in [3.8, 4) is 11.5 Å². The zero-order valence-corrected chi connectivity index (χ0v) is 12.5. The second-order valence-corrected chi connectivity index (χ2v) is 5.09. The monoisotopic (exact) mass is 291 g/mol. The van der Waals surface area contributed by atoms with E-state index in [1.807, 2.05) is 0 Å². The summed E-state index contributed by atoms with van der Waals surface area (Å²) < 4.78 is 10.4. The molecule has 0 aromatic heterocycles. The van der Waals surface area contributed by atoms with E-state index in [-0.39, 0.29) is 11.9 Å². The van der Waals surface area contributed by atoms with E-state index in [1.165, 1.54) is 12.6 Å². The van der Waals surface area contributed by atoms with Gasteiger partial charge in [-0.1, -0.05) is 24.4 Å². The summed E-state index contributed by atoms with van der Waals surface area (Å²) in [5, 5.41) is 3.79. The van der Waals surface area contributed by atoms with E-state index >= 15 is 0 Å². The Labute approximate surface area is 124 Å². The zero-order valence-electron chi connectivity index (χ0n) is 12.5. The highest BCUT2D eigenvalue weighted by molar-refractivity contribution is 5.84. The lowest BCUT2D eigenvalue weighted by Crippen LogP contribution is -2.18. The Morgan fingerprint density at radius 2 is 1.95 bits per heavy atom. The Bertz CT molecular complexity index is 507. The molecule has 0 bridgehead atoms. The van der Waals surface area contributed by atoms with Crippen molar-refractivity contribution in [1.29, 1.82) is 0 Å². The van der Waals surface area contributed by atoms with Gasteiger partial charge in [0.25, 0.3) is 0 Å². The summed E-state index contributed by atoms with van der Waals surface area (Å²) in [6.45, 7) is 0. The van der Waals surface area contributed by atoms with Gasteiger partial charge >= 0.3 is 5.97 Å². The lowest BCUT2D eigenvalue weighted by Gasteiger charge is -2.17. The first-order valence-electron chi connectivity index (χ1n) is 7.21. The van der Waals surface area contributed by atoms with Gasteiger partial charge in [0, 0.05) is 11.6 Å². The molecule has 1 saturated carbocycles. The number of nitrogens with zero attached hydrogens (tertiary/aromatic N) is 1. The largest absolute Gasteiger partial charge is 0.497 e. The minimum absolute atomic E-state index is 0.00587. The number of oxime groups is 1. The molecule has 1 aliphatic carbocycles. The van der Waals surface area contributed by atoms with Gasteiger partial charge in [-0.05, 0) is 25.0 Å². The number of carbonyl (C=O) groups is 1. The van der Waals surface area contributed by atoms with E-state index in [1.54, 1.807) is 32.4 Å². The van der Waals surface area contributed by atoms with Gasteiger partial charge in [-0.3, -0.25) is 0 Å². The van der Waals surface area contributed by atoms with E-state index in [0.29, 0.717) is 11.5 Å². The second kappa shape index (κ2) is 7.67. The summed E-state index contributed by atoms with van der Waals surface area (Å²) in [6.07, 6.45) is 6.68. The molecule has 0 aliphatic heterocycles. The van der Waals surface area contributed by atoms with Crippen LogP contribution >= 0.6 is 0 Å². The van der Waals surface area contributed by atoms with Crippen molar-refractivity contribution in [2.24, 2.45) is 11.1 Å². The summed E-state index contributed by atoms with van der Waals surface area (Å²) >= 11 is 0. The highest BCUT2D eigenvalue weighted by atomic mass is 16.7. The van der Waals surface area contributed by atoms with Gasteiger partial charge < -0.3 is 14.3 Å². The third-order valence-corrected chi connectivity index (χ3v) is 3.71. The maximum Gasteiger partial charge on any atom is 0.338 e. The highest BCUT2D eigenvalue weighted by Crippen LogP contribution is 2.25. The molecule has 21 heavy (non-hydrogen) atoms. The Hall–Kier alpha value is -2.04. The third-order valence-electron chi connectivity index (χ3n) is 3.71. The van der Waals surface area contributed by atoms with Gasteiger partial charge in [-0.2, -0.15) is 0 Å². The average molecular weight is 291 g/mol. The Kier molecular flexibility index (Phi) is 5.60. The van der Waals surface area contributed by atoms with Crippen molar-refractivity contribution >= 4 is 12.2 Å². The number of hydrogen-bond donors (Lipinski definition) is 0. The normalized spacial score (nSPS) is 15.9. The first-order valence-corrected chi connectivity index (χ1v) is 7.21. The minimum atomic E-state index is -0.238. The van der Waals surface area contributed by atoms with Gasteiger partial charge in [-0.15, -0.1) is 0 Å². The molecule has 0 heterocycles. The number of hydrogen-bond acceptors (Lipinski definition) is 5. The van der Waals surface area contributed by atoms with Gasteiger partial charge in [0.05, 0.1) is 26.4 Å². The maximum absolute atomic E-state index is 11.9. The summed E-state index contributed by atoms with van der Waals surface area (Å²) in [4.78, 5) is 16.8. The molecule has 0 radical (unpaired) electrons. The summed E-state index contributed by atoms with van der Waals surface area (Å²) in [6, 6.07) is 5.35. The summed E-state index contributed by atoms with van der Waals surface area (Å²) in [5.41, 5.74) is 0.731. The van der Waals surface area contributed by atoms with Gasteiger partial charge in [0.15, 0.2) is 0 Å². The Balaban J connectivity index is 1.95. The molecule has 0 saturated heterocycles. The fourth-order valence-electron chi connectivity index (χ4n) is 2.47. The van der Waals surface area contributed by atoms with Crippen LogP contribution in [0.15, 0.2) is 23.4 Å². The number of rotatable bonds is 5. The van der Waals surface area contributed by atoms with Crippen LogP contribution in [0.5, 0.6) is 11.5 Å². The van der Waals surface area contributed by atoms with Crippen LogP contribution in [-0.4, -0.2) is 26.4 Å². The Morgan fingerprint density at radius 3 is 2.62 bits per heavy atom. The van der Waals surface area contributed by atoms with Crippen LogP contribution in [0.25, 0.3) is 0 Å². The van der Waals surface area contributed by atoms with E-state index in [9.17, 15) is 4.79 Å². The standard InChI is InChI=1S/C16H21NO4/c1-19-14-9-8-13(15(10-14)20-2)11-17-21-16(18)12-6-4-3-5-7-12/h8-12H,3-7H2,1-2H3/b17-11+. The molecule has 1 aromatic rings.